The number of nitro benzene ring substituents is 1. The lowest BCUT2D eigenvalue weighted by Gasteiger charge is -2.12. The van der Waals surface area contributed by atoms with Crippen LogP contribution >= 0.6 is 0 Å². The molecule has 0 aromatic heterocycles. The minimum Gasteiger partial charge on any atom is -0.375 e. The third-order valence-corrected chi connectivity index (χ3v) is 3.35. The summed E-state index contributed by atoms with van der Waals surface area (Å²) in [5.74, 6) is 0. The zero-order valence-corrected chi connectivity index (χ0v) is 10.5. The molecule has 1 fully saturated rings. The fourth-order valence-corrected chi connectivity index (χ4v) is 2.23. The van der Waals surface area contributed by atoms with Crippen molar-refractivity contribution in [2.75, 3.05) is 13.2 Å². The highest BCUT2D eigenvalue weighted by Gasteiger charge is 2.15. The monoisotopic (exact) mass is 250 g/mol. The Morgan fingerprint density at radius 1 is 1.56 bits per heavy atom. The van der Waals surface area contributed by atoms with Gasteiger partial charge in [-0.25, -0.2) is 0 Å². The van der Waals surface area contributed by atoms with Crippen molar-refractivity contribution >= 4 is 5.69 Å². The van der Waals surface area contributed by atoms with Crippen LogP contribution in [0.3, 0.4) is 0 Å². The smallest absolute Gasteiger partial charge is 0.272 e. The second-order valence-electron chi connectivity index (χ2n) is 4.63. The van der Waals surface area contributed by atoms with E-state index >= 15 is 0 Å². The fourth-order valence-electron chi connectivity index (χ4n) is 2.23. The maximum Gasteiger partial charge on any atom is 0.272 e. The van der Waals surface area contributed by atoms with Crippen LogP contribution in [-0.4, -0.2) is 24.1 Å². The molecule has 1 heterocycles. The molecule has 0 spiro atoms. The van der Waals surface area contributed by atoms with Crippen LogP contribution in [0.4, 0.5) is 5.69 Å². The second-order valence-corrected chi connectivity index (χ2v) is 4.63. The van der Waals surface area contributed by atoms with Crippen molar-refractivity contribution in [3.05, 3.63) is 39.4 Å². The average molecular weight is 250 g/mol. The molecular formula is C13H18N2O3. The quantitative estimate of drug-likeness (QED) is 0.642. The van der Waals surface area contributed by atoms with Crippen molar-refractivity contribution in [1.82, 2.24) is 5.32 Å². The molecule has 18 heavy (non-hydrogen) atoms. The van der Waals surface area contributed by atoms with Crippen LogP contribution < -0.4 is 5.32 Å². The van der Waals surface area contributed by atoms with Gasteiger partial charge in [0.05, 0.1) is 18.1 Å². The summed E-state index contributed by atoms with van der Waals surface area (Å²) in [6.45, 7) is 3.93. The molecule has 0 saturated carbocycles. The van der Waals surface area contributed by atoms with E-state index in [0.29, 0.717) is 24.8 Å². The van der Waals surface area contributed by atoms with E-state index in [9.17, 15) is 10.1 Å². The van der Waals surface area contributed by atoms with Crippen LogP contribution in [0.25, 0.3) is 0 Å². The molecule has 1 N–H and O–H groups in total. The van der Waals surface area contributed by atoms with Gasteiger partial charge in [-0.05, 0) is 31.9 Å². The topological polar surface area (TPSA) is 64.4 Å². The summed E-state index contributed by atoms with van der Waals surface area (Å²) in [6.07, 6.45) is 2.35. The standard InChI is InChI=1S/C13H18N2O3/c1-10-11(4-2-6-13(10)15(16)17)8-18-9-12-5-3-7-14-12/h2,4,6,12,14H,3,5,7-9H2,1H3. The summed E-state index contributed by atoms with van der Waals surface area (Å²) in [4.78, 5) is 10.5. The van der Waals surface area contributed by atoms with Crippen molar-refractivity contribution in [2.24, 2.45) is 0 Å². The van der Waals surface area contributed by atoms with Gasteiger partial charge in [0.25, 0.3) is 5.69 Å². The van der Waals surface area contributed by atoms with E-state index in [1.165, 1.54) is 12.5 Å². The Balaban J connectivity index is 1.92. The number of hydrogen-bond acceptors (Lipinski definition) is 4. The number of nitro groups is 1. The molecule has 1 saturated heterocycles. The first-order chi connectivity index (χ1) is 8.68. The maximum atomic E-state index is 10.8. The number of ether oxygens (including phenoxy) is 1. The highest BCUT2D eigenvalue weighted by atomic mass is 16.6. The largest absolute Gasteiger partial charge is 0.375 e. The van der Waals surface area contributed by atoms with Gasteiger partial charge in [0.15, 0.2) is 0 Å². The summed E-state index contributed by atoms with van der Waals surface area (Å²) >= 11 is 0. The lowest BCUT2D eigenvalue weighted by molar-refractivity contribution is -0.385. The molecule has 1 unspecified atom stereocenters. The van der Waals surface area contributed by atoms with Gasteiger partial charge in [-0.3, -0.25) is 10.1 Å². The lowest BCUT2D eigenvalue weighted by atomic mass is 10.1. The summed E-state index contributed by atoms with van der Waals surface area (Å²) < 4.78 is 5.63. The summed E-state index contributed by atoms with van der Waals surface area (Å²) in [5.41, 5.74) is 1.75. The first-order valence-electron chi connectivity index (χ1n) is 6.22. The number of nitrogens with one attached hydrogen (secondary N) is 1. The SMILES string of the molecule is Cc1c(COCC2CCCN2)cccc1[N+](=O)[O-]. The van der Waals surface area contributed by atoms with Crippen molar-refractivity contribution in [3.63, 3.8) is 0 Å². The number of benzene rings is 1. The molecule has 98 valence electrons. The number of hydrogen-bond donors (Lipinski definition) is 1. The highest BCUT2D eigenvalue weighted by molar-refractivity contribution is 5.44. The molecule has 0 amide bonds. The molecule has 2 rings (SSSR count). The van der Waals surface area contributed by atoms with Gasteiger partial charge in [-0.15, -0.1) is 0 Å². The Kier molecular flexibility index (Phi) is 4.28. The Morgan fingerprint density at radius 2 is 2.39 bits per heavy atom. The van der Waals surface area contributed by atoms with Crippen LogP contribution in [0, 0.1) is 17.0 Å². The van der Waals surface area contributed by atoms with E-state index in [1.807, 2.05) is 6.07 Å². The molecule has 1 aromatic rings. The Labute approximate surface area is 106 Å². The third kappa shape index (κ3) is 3.05. The van der Waals surface area contributed by atoms with Crippen molar-refractivity contribution in [2.45, 2.75) is 32.4 Å². The van der Waals surface area contributed by atoms with E-state index < -0.39 is 0 Å². The van der Waals surface area contributed by atoms with E-state index in [0.717, 1.165) is 18.5 Å². The molecule has 5 heteroatoms. The van der Waals surface area contributed by atoms with Gasteiger partial charge in [0, 0.05) is 17.7 Å². The fraction of sp³-hybridized carbons (Fsp3) is 0.538. The summed E-state index contributed by atoms with van der Waals surface area (Å²) in [5, 5.41) is 14.2. The summed E-state index contributed by atoms with van der Waals surface area (Å²) in [6, 6.07) is 5.54. The van der Waals surface area contributed by atoms with Gasteiger partial charge in [0.1, 0.15) is 0 Å². The molecule has 1 atom stereocenters. The lowest BCUT2D eigenvalue weighted by Crippen LogP contribution is -2.26. The van der Waals surface area contributed by atoms with Crippen LogP contribution in [0.1, 0.15) is 24.0 Å². The molecule has 0 radical (unpaired) electrons. The molecule has 1 aliphatic rings. The highest BCUT2D eigenvalue weighted by Crippen LogP contribution is 2.21. The van der Waals surface area contributed by atoms with E-state index in [2.05, 4.69) is 5.32 Å². The predicted octanol–water partition coefficient (Wildman–Crippen LogP) is 2.17. The Hall–Kier alpha value is -1.46. The molecule has 5 nitrogen and oxygen atoms in total. The second kappa shape index (κ2) is 5.93. The molecule has 0 aliphatic carbocycles. The first-order valence-corrected chi connectivity index (χ1v) is 6.22. The number of nitrogens with zero attached hydrogens (tertiary/aromatic N) is 1. The zero-order valence-electron chi connectivity index (χ0n) is 10.5. The maximum absolute atomic E-state index is 10.8. The average Bonchev–Trinajstić information content (AvgIpc) is 2.84. The van der Waals surface area contributed by atoms with Crippen molar-refractivity contribution in [3.8, 4) is 0 Å². The normalized spacial score (nSPS) is 19.1. The minimum atomic E-state index is -0.350. The number of rotatable bonds is 5. The molecule has 1 aliphatic heterocycles. The van der Waals surface area contributed by atoms with Crippen molar-refractivity contribution in [1.29, 1.82) is 0 Å². The van der Waals surface area contributed by atoms with Gasteiger partial charge >= 0.3 is 0 Å². The minimum absolute atomic E-state index is 0.162. The van der Waals surface area contributed by atoms with E-state index in [1.54, 1.807) is 13.0 Å². The molecular weight excluding hydrogens is 232 g/mol. The Bertz CT molecular complexity index is 428. The van der Waals surface area contributed by atoms with Gasteiger partial charge < -0.3 is 10.1 Å². The van der Waals surface area contributed by atoms with Crippen LogP contribution in [0.15, 0.2) is 18.2 Å². The molecule has 0 bridgehead atoms. The first kappa shape index (κ1) is 13.0. The van der Waals surface area contributed by atoms with Crippen LogP contribution in [0.2, 0.25) is 0 Å². The van der Waals surface area contributed by atoms with Crippen LogP contribution in [0.5, 0.6) is 0 Å². The van der Waals surface area contributed by atoms with Gasteiger partial charge in [-0.2, -0.15) is 0 Å². The zero-order chi connectivity index (χ0) is 13.0. The van der Waals surface area contributed by atoms with E-state index in [4.69, 9.17) is 4.74 Å². The van der Waals surface area contributed by atoms with Gasteiger partial charge in [-0.1, -0.05) is 12.1 Å². The van der Waals surface area contributed by atoms with E-state index in [-0.39, 0.29) is 10.6 Å². The Morgan fingerprint density at radius 3 is 3.06 bits per heavy atom. The third-order valence-electron chi connectivity index (χ3n) is 3.35. The van der Waals surface area contributed by atoms with Gasteiger partial charge in [0.2, 0.25) is 0 Å². The summed E-state index contributed by atoms with van der Waals surface area (Å²) in [7, 11) is 0. The van der Waals surface area contributed by atoms with Crippen LogP contribution in [-0.2, 0) is 11.3 Å². The predicted molar refractivity (Wildman–Crippen MR) is 68.5 cm³/mol. The van der Waals surface area contributed by atoms with Crippen molar-refractivity contribution < 1.29 is 9.66 Å². The molecule has 1 aromatic carbocycles.